The van der Waals surface area contributed by atoms with Gasteiger partial charge in [-0.05, 0) is 19.3 Å². The number of carbonyl (C=O) groups excluding carboxylic acids is 1. The third-order valence-electron chi connectivity index (χ3n) is 2.22. The molecule has 0 aliphatic heterocycles. The number of ether oxygens (including phenoxy) is 1. The average Bonchev–Trinajstić information content (AvgIpc) is 1.99. The van der Waals surface area contributed by atoms with Crippen LogP contribution in [0.5, 0.6) is 0 Å². The van der Waals surface area contributed by atoms with Gasteiger partial charge < -0.3 is 9.84 Å². The Labute approximate surface area is 80.1 Å². The molecule has 78 valence electrons. The van der Waals surface area contributed by atoms with E-state index in [1.165, 1.54) is 7.11 Å². The van der Waals surface area contributed by atoms with Crippen LogP contribution in [0.15, 0.2) is 0 Å². The maximum Gasteiger partial charge on any atom is 0.313 e. The number of methoxy groups -OCH3 is 1. The van der Waals surface area contributed by atoms with Crippen LogP contribution in [-0.2, 0) is 9.53 Å². The fourth-order valence-corrected chi connectivity index (χ4v) is 1.46. The molecule has 3 nitrogen and oxygen atoms in total. The molecule has 0 spiro atoms. The summed E-state index contributed by atoms with van der Waals surface area (Å²) in [4.78, 5) is 11.3. The van der Waals surface area contributed by atoms with Crippen LogP contribution in [0.25, 0.3) is 0 Å². The molecule has 1 atom stereocenters. The fraction of sp³-hybridized carbons (Fsp3) is 0.900. The topological polar surface area (TPSA) is 46.5 Å². The highest BCUT2D eigenvalue weighted by Crippen LogP contribution is 2.34. The van der Waals surface area contributed by atoms with E-state index in [1.807, 2.05) is 20.8 Å². The maximum atomic E-state index is 11.3. The van der Waals surface area contributed by atoms with E-state index in [4.69, 9.17) is 0 Å². The highest BCUT2D eigenvalue weighted by atomic mass is 16.5. The standard InChI is InChI=1S/C10H20O3/c1-9(2,3)7(11)10(4,5)8(12)13-6/h7,11H,1-6H3. The molecule has 0 rings (SSSR count). The van der Waals surface area contributed by atoms with Crippen molar-refractivity contribution < 1.29 is 14.6 Å². The number of carbonyl (C=O) groups is 1. The maximum absolute atomic E-state index is 11.3. The van der Waals surface area contributed by atoms with Gasteiger partial charge in [-0.3, -0.25) is 4.79 Å². The summed E-state index contributed by atoms with van der Waals surface area (Å²) in [7, 11) is 1.33. The van der Waals surface area contributed by atoms with E-state index in [-0.39, 0.29) is 11.4 Å². The number of aliphatic hydroxyl groups is 1. The minimum atomic E-state index is -0.854. The molecule has 0 amide bonds. The van der Waals surface area contributed by atoms with E-state index >= 15 is 0 Å². The number of hydrogen-bond donors (Lipinski definition) is 1. The molecule has 13 heavy (non-hydrogen) atoms. The van der Waals surface area contributed by atoms with Crippen LogP contribution >= 0.6 is 0 Å². The zero-order chi connectivity index (χ0) is 10.9. The first-order chi connectivity index (χ1) is 5.64. The molecule has 0 radical (unpaired) electrons. The largest absolute Gasteiger partial charge is 0.469 e. The van der Waals surface area contributed by atoms with Crippen LogP contribution in [-0.4, -0.2) is 24.3 Å². The zero-order valence-corrected chi connectivity index (χ0v) is 9.34. The summed E-state index contributed by atoms with van der Waals surface area (Å²) in [6, 6.07) is 0. The normalized spacial score (nSPS) is 15.3. The molecule has 0 saturated heterocycles. The second-order valence-electron chi connectivity index (χ2n) is 4.98. The molecule has 0 fully saturated rings. The van der Waals surface area contributed by atoms with Gasteiger partial charge in [-0.2, -0.15) is 0 Å². The zero-order valence-electron chi connectivity index (χ0n) is 9.34. The van der Waals surface area contributed by atoms with Gasteiger partial charge in [0.05, 0.1) is 18.6 Å². The van der Waals surface area contributed by atoms with Crippen molar-refractivity contribution in [2.24, 2.45) is 10.8 Å². The van der Waals surface area contributed by atoms with Crippen molar-refractivity contribution >= 4 is 5.97 Å². The van der Waals surface area contributed by atoms with Gasteiger partial charge in [-0.25, -0.2) is 0 Å². The van der Waals surface area contributed by atoms with Crippen LogP contribution < -0.4 is 0 Å². The summed E-state index contributed by atoms with van der Waals surface area (Å²) in [6.07, 6.45) is -0.715. The third kappa shape index (κ3) is 2.69. The fourth-order valence-electron chi connectivity index (χ4n) is 1.46. The van der Waals surface area contributed by atoms with Crippen molar-refractivity contribution in [3.8, 4) is 0 Å². The van der Waals surface area contributed by atoms with Crippen molar-refractivity contribution in [3.05, 3.63) is 0 Å². The predicted octanol–water partition coefficient (Wildman–Crippen LogP) is 1.59. The highest BCUT2D eigenvalue weighted by Gasteiger charge is 2.42. The molecular formula is C10H20O3. The third-order valence-corrected chi connectivity index (χ3v) is 2.22. The molecule has 3 heteroatoms. The number of aliphatic hydroxyl groups excluding tert-OH is 1. The summed E-state index contributed by atoms with van der Waals surface area (Å²) in [6.45, 7) is 9.05. The van der Waals surface area contributed by atoms with E-state index in [0.717, 1.165) is 0 Å². The molecule has 0 aromatic heterocycles. The Bertz CT molecular complexity index is 189. The van der Waals surface area contributed by atoms with Crippen LogP contribution in [0.2, 0.25) is 0 Å². The Morgan fingerprint density at radius 1 is 1.23 bits per heavy atom. The lowest BCUT2D eigenvalue weighted by molar-refractivity contribution is -0.162. The van der Waals surface area contributed by atoms with Gasteiger partial charge in [0.1, 0.15) is 0 Å². The summed E-state index contributed by atoms with van der Waals surface area (Å²) in [5.41, 5.74) is -1.18. The molecule has 0 saturated carbocycles. The van der Waals surface area contributed by atoms with Gasteiger partial charge in [0.25, 0.3) is 0 Å². The van der Waals surface area contributed by atoms with E-state index in [1.54, 1.807) is 13.8 Å². The average molecular weight is 188 g/mol. The lowest BCUT2D eigenvalue weighted by Crippen LogP contribution is -2.45. The van der Waals surface area contributed by atoms with Crippen LogP contribution in [0, 0.1) is 10.8 Å². The van der Waals surface area contributed by atoms with Gasteiger partial charge >= 0.3 is 5.97 Å². The van der Waals surface area contributed by atoms with E-state index in [9.17, 15) is 9.90 Å². The quantitative estimate of drug-likeness (QED) is 0.669. The van der Waals surface area contributed by atoms with Crippen molar-refractivity contribution in [1.29, 1.82) is 0 Å². The molecule has 0 aromatic rings. The Morgan fingerprint density at radius 3 is 1.85 bits per heavy atom. The van der Waals surface area contributed by atoms with E-state index < -0.39 is 11.5 Å². The monoisotopic (exact) mass is 188 g/mol. The van der Waals surface area contributed by atoms with Gasteiger partial charge in [0.2, 0.25) is 0 Å². The molecule has 1 unspecified atom stereocenters. The second-order valence-corrected chi connectivity index (χ2v) is 4.98. The first-order valence-electron chi connectivity index (χ1n) is 4.40. The lowest BCUT2D eigenvalue weighted by Gasteiger charge is -2.36. The molecule has 0 aromatic carbocycles. The van der Waals surface area contributed by atoms with Crippen molar-refractivity contribution in [2.75, 3.05) is 7.11 Å². The first kappa shape index (κ1) is 12.4. The molecular weight excluding hydrogens is 168 g/mol. The van der Waals surface area contributed by atoms with Gasteiger partial charge in [-0.1, -0.05) is 20.8 Å². The number of esters is 1. The van der Waals surface area contributed by atoms with Gasteiger partial charge in [0, 0.05) is 0 Å². The lowest BCUT2D eigenvalue weighted by atomic mass is 9.73. The van der Waals surface area contributed by atoms with E-state index in [0.29, 0.717) is 0 Å². The van der Waals surface area contributed by atoms with Gasteiger partial charge in [0.15, 0.2) is 0 Å². The van der Waals surface area contributed by atoms with Crippen LogP contribution in [0.4, 0.5) is 0 Å². The Kier molecular flexibility index (Phi) is 3.50. The number of hydrogen-bond acceptors (Lipinski definition) is 3. The van der Waals surface area contributed by atoms with Crippen LogP contribution in [0.3, 0.4) is 0 Å². The van der Waals surface area contributed by atoms with Crippen molar-refractivity contribution in [3.63, 3.8) is 0 Å². The molecule has 1 N–H and O–H groups in total. The molecule has 0 aliphatic rings. The minimum Gasteiger partial charge on any atom is -0.469 e. The second kappa shape index (κ2) is 3.66. The summed E-state index contributed by atoms with van der Waals surface area (Å²) >= 11 is 0. The summed E-state index contributed by atoms with van der Waals surface area (Å²) in [5, 5.41) is 9.91. The smallest absolute Gasteiger partial charge is 0.313 e. The van der Waals surface area contributed by atoms with Gasteiger partial charge in [-0.15, -0.1) is 0 Å². The summed E-state index contributed by atoms with van der Waals surface area (Å²) in [5.74, 6) is -0.380. The van der Waals surface area contributed by atoms with Crippen LogP contribution in [0.1, 0.15) is 34.6 Å². The highest BCUT2D eigenvalue weighted by molar-refractivity contribution is 5.76. The minimum absolute atomic E-state index is 0.322. The van der Waals surface area contributed by atoms with Crippen molar-refractivity contribution in [1.82, 2.24) is 0 Å². The Hall–Kier alpha value is -0.570. The number of rotatable bonds is 2. The summed E-state index contributed by atoms with van der Waals surface area (Å²) < 4.78 is 4.63. The Morgan fingerprint density at radius 2 is 1.62 bits per heavy atom. The SMILES string of the molecule is COC(=O)C(C)(C)C(O)C(C)(C)C. The first-order valence-corrected chi connectivity index (χ1v) is 4.40. The van der Waals surface area contributed by atoms with E-state index in [2.05, 4.69) is 4.74 Å². The molecule has 0 heterocycles. The van der Waals surface area contributed by atoms with Crippen molar-refractivity contribution in [2.45, 2.75) is 40.7 Å². The molecule has 0 bridgehead atoms. The molecule has 0 aliphatic carbocycles. The predicted molar refractivity (Wildman–Crippen MR) is 51.3 cm³/mol. The Balaban J connectivity index is 4.74.